The normalized spacial score (nSPS) is 10.4. The van der Waals surface area contributed by atoms with Crippen LogP contribution in [0.5, 0.6) is 0 Å². The van der Waals surface area contributed by atoms with Crippen LogP contribution in [0.25, 0.3) is 0 Å². The van der Waals surface area contributed by atoms with Crippen LogP contribution in [0.4, 0.5) is 13.2 Å². The van der Waals surface area contributed by atoms with Crippen LogP contribution in [0.15, 0.2) is 12.1 Å². The first-order chi connectivity index (χ1) is 7.15. The summed E-state index contributed by atoms with van der Waals surface area (Å²) in [5, 5.41) is 6.60. The van der Waals surface area contributed by atoms with Crippen molar-refractivity contribution in [2.45, 2.75) is 25.5 Å². The van der Waals surface area contributed by atoms with E-state index in [1.54, 1.807) is 0 Å². The van der Waals surface area contributed by atoms with E-state index < -0.39 is 17.5 Å². The van der Waals surface area contributed by atoms with Crippen molar-refractivity contribution in [3.63, 3.8) is 0 Å². The summed E-state index contributed by atoms with van der Waals surface area (Å²) < 4.78 is 37.2. The molecule has 1 rings (SSSR count). The molecule has 0 atom stereocenters. The number of thiol groups is 1. The quantitative estimate of drug-likeness (QED) is 0.429. The van der Waals surface area contributed by atoms with Gasteiger partial charge in [-0.2, -0.15) is 12.6 Å². The van der Waals surface area contributed by atoms with E-state index in [-0.39, 0.29) is 10.3 Å². The van der Waals surface area contributed by atoms with Crippen LogP contribution >= 0.6 is 12.6 Å². The number of hydrogen-bond donors (Lipinski definition) is 2. The van der Waals surface area contributed by atoms with Crippen molar-refractivity contribution in [3.05, 3.63) is 35.1 Å². The standard InChI is InChI=1S/C7H4F3N.C4H10S/c8-5-2-7(10)6(9)1-4(5)3-11;1-4(2,3)5/h1-3,11H;5H,1-3H3. The molecule has 1 nitrogen and oxygen atoms in total. The third kappa shape index (κ3) is 6.50. The summed E-state index contributed by atoms with van der Waals surface area (Å²) in [6.07, 6.45) is 0.623. The monoisotopic (exact) mass is 249 g/mol. The highest BCUT2D eigenvalue weighted by Crippen LogP contribution is 2.11. The molecule has 16 heavy (non-hydrogen) atoms. The van der Waals surface area contributed by atoms with Gasteiger partial charge in [-0.1, -0.05) is 20.8 Å². The molecule has 0 spiro atoms. The fraction of sp³-hybridized carbons (Fsp3) is 0.364. The average Bonchev–Trinajstić information content (AvgIpc) is 2.08. The number of benzene rings is 1. The maximum atomic E-state index is 12.5. The fourth-order valence-corrected chi connectivity index (χ4v) is 0.649. The number of nitrogens with one attached hydrogen (secondary N) is 1. The van der Waals surface area contributed by atoms with Crippen molar-refractivity contribution >= 4 is 18.8 Å². The van der Waals surface area contributed by atoms with Crippen molar-refractivity contribution in [1.29, 1.82) is 5.41 Å². The van der Waals surface area contributed by atoms with E-state index in [2.05, 4.69) is 33.4 Å². The molecule has 1 aromatic rings. The highest BCUT2D eigenvalue weighted by atomic mass is 32.1. The zero-order valence-electron chi connectivity index (χ0n) is 9.31. The van der Waals surface area contributed by atoms with Gasteiger partial charge in [0.15, 0.2) is 11.6 Å². The lowest BCUT2D eigenvalue weighted by atomic mass is 10.2. The van der Waals surface area contributed by atoms with E-state index in [0.717, 1.165) is 0 Å². The maximum Gasteiger partial charge on any atom is 0.161 e. The summed E-state index contributed by atoms with van der Waals surface area (Å²) in [4.78, 5) is 0. The van der Waals surface area contributed by atoms with Crippen molar-refractivity contribution < 1.29 is 13.2 Å². The molecule has 5 heteroatoms. The van der Waals surface area contributed by atoms with Gasteiger partial charge in [0.05, 0.1) is 0 Å². The Bertz CT molecular complexity index is 366. The van der Waals surface area contributed by atoms with Gasteiger partial charge in [0, 0.05) is 22.6 Å². The van der Waals surface area contributed by atoms with Crippen LogP contribution in [0, 0.1) is 22.9 Å². The molecule has 0 aliphatic heterocycles. The van der Waals surface area contributed by atoms with E-state index in [9.17, 15) is 13.2 Å². The van der Waals surface area contributed by atoms with E-state index in [4.69, 9.17) is 5.41 Å². The molecule has 90 valence electrons. The fourth-order valence-electron chi connectivity index (χ4n) is 0.649. The topological polar surface area (TPSA) is 23.9 Å². The van der Waals surface area contributed by atoms with Gasteiger partial charge in [0.1, 0.15) is 5.82 Å². The third-order valence-electron chi connectivity index (χ3n) is 1.20. The molecule has 0 amide bonds. The third-order valence-corrected chi connectivity index (χ3v) is 1.20. The highest BCUT2D eigenvalue weighted by Gasteiger charge is 2.06. The van der Waals surface area contributed by atoms with Crippen LogP contribution in [0.2, 0.25) is 0 Å². The van der Waals surface area contributed by atoms with Crippen molar-refractivity contribution in [3.8, 4) is 0 Å². The minimum atomic E-state index is -1.24. The molecule has 0 saturated carbocycles. The zero-order chi connectivity index (χ0) is 12.9. The molecule has 0 aliphatic carbocycles. The first kappa shape index (κ1) is 15.0. The lowest BCUT2D eigenvalue weighted by Gasteiger charge is -2.04. The second-order valence-electron chi connectivity index (χ2n) is 4.10. The minimum absolute atomic E-state index is 0.194. The summed E-state index contributed by atoms with van der Waals surface area (Å²) >= 11 is 4.12. The molecule has 0 heterocycles. The molecule has 0 aliphatic rings. The van der Waals surface area contributed by atoms with Crippen LogP contribution in [0.1, 0.15) is 26.3 Å². The molecule has 1 N–H and O–H groups in total. The van der Waals surface area contributed by atoms with Gasteiger partial charge in [0.25, 0.3) is 0 Å². The number of rotatable bonds is 1. The largest absolute Gasteiger partial charge is 0.308 e. The van der Waals surface area contributed by atoms with Gasteiger partial charge in [-0.05, 0) is 6.07 Å². The smallest absolute Gasteiger partial charge is 0.161 e. The van der Waals surface area contributed by atoms with Crippen LogP contribution in [-0.4, -0.2) is 11.0 Å². The van der Waals surface area contributed by atoms with Gasteiger partial charge in [0.2, 0.25) is 0 Å². The second-order valence-corrected chi connectivity index (χ2v) is 5.44. The Labute approximate surface area is 98.6 Å². The second kappa shape index (κ2) is 5.94. The van der Waals surface area contributed by atoms with Gasteiger partial charge in [-0.15, -0.1) is 0 Å². The lowest BCUT2D eigenvalue weighted by molar-refractivity contribution is 0.494. The molecular formula is C11H14F3NS. The van der Waals surface area contributed by atoms with Crippen LogP contribution in [-0.2, 0) is 0 Å². The zero-order valence-corrected chi connectivity index (χ0v) is 10.2. The molecule has 0 aromatic heterocycles. The molecule has 1 aromatic carbocycles. The molecular weight excluding hydrogens is 235 g/mol. The Morgan fingerprint density at radius 2 is 1.44 bits per heavy atom. The van der Waals surface area contributed by atoms with E-state index >= 15 is 0 Å². The van der Waals surface area contributed by atoms with Gasteiger partial charge >= 0.3 is 0 Å². The average molecular weight is 249 g/mol. The SMILES string of the molecule is CC(C)(C)S.N=Cc1cc(F)c(F)cc1F. The van der Waals surface area contributed by atoms with E-state index in [1.165, 1.54) is 0 Å². The Morgan fingerprint density at radius 3 is 1.81 bits per heavy atom. The molecule has 0 bridgehead atoms. The Balaban J connectivity index is 0.000000385. The van der Waals surface area contributed by atoms with Crippen LogP contribution < -0.4 is 0 Å². The Hall–Kier alpha value is -0.970. The first-order valence-corrected chi connectivity index (χ1v) is 4.97. The Kier molecular flexibility index (Phi) is 5.58. The highest BCUT2D eigenvalue weighted by molar-refractivity contribution is 7.81. The van der Waals surface area contributed by atoms with Crippen molar-refractivity contribution in [1.82, 2.24) is 0 Å². The van der Waals surface area contributed by atoms with E-state index in [0.29, 0.717) is 18.3 Å². The number of halogens is 3. The molecule has 0 saturated heterocycles. The van der Waals surface area contributed by atoms with Gasteiger partial charge in [-0.3, -0.25) is 0 Å². The summed E-state index contributed by atoms with van der Waals surface area (Å²) in [5.74, 6) is -3.32. The molecule has 0 radical (unpaired) electrons. The summed E-state index contributed by atoms with van der Waals surface area (Å²) in [6, 6.07) is 1.05. The van der Waals surface area contributed by atoms with Crippen molar-refractivity contribution in [2.75, 3.05) is 0 Å². The van der Waals surface area contributed by atoms with Gasteiger partial charge in [-0.25, -0.2) is 13.2 Å². The number of hydrogen-bond acceptors (Lipinski definition) is 2. The summed E-state index contributed by atoms with van der Waals surface area (Å²) in [6.45, 7) is 6.16. The summed E-state index contributed by atoms with van der Waals surface area (Å²) in [5.41, 5.74) is -0.260. The minimum Gasteiger partial charge on any atom is -0.308 e. The molecule has 0 fully saturated rings. The van der Waals surface area contributed by atoms with E-state index in [1.807, 2.05) is 0 Å². The predicted molar refractivity (Wildman–Crippen MR) is 62.9 cm³/mol. The molecule has 0 unspecified atom stereocenters. The predicted octanol–water partition coefficient (Wildman–Crippen LogP) is 3.82. The van der Waals surface area contributed by atoms with Crippen LogP contribution in [0.3, 0.4) is 0 Å². The summed E-state index contributed by atoms with van der Waals surface area (Å²) in [7, 11) is 0. The van der Waals surface area contributed by atoms with Gasteiger partial charge < -0.3 is 5.41 Å². The Morgan fingerprint density at radius 1 is 1.06 bits per heavy atom. The maximum absolute atomic E-state index is 12.5. The lowest BCUT2D eigenvalue weighted by Crippen LogP contribution is -1.99. The van der Waals surface area contributed by atoms with Crippen molar-refractivity contribution in [2.24, 2.45) is 0 Å². The first-order valence-electron chi connectivity index (χ1n) is 4.52.